The lowest BCUT2D eigenvalue weighted by Crippen LogP contribution is -2.43. The van der Waals surface area contributed by atoms with Gasteiger partial charge in [0.15, 0.2) is 0 Å². The topological polar surface area (TPSA) is 40.5 Å². The molecule has 2 unspecified atom stereocenters. The van der Waals surface area contributed by atoms with Crippen LogP contribution in [0.25, 0.3) is 0 Å². The van der Waals surface area contributed by atoms with E-state index in [1.165, 1.54) is 0 Å². The molecule has 110 valence electrons. The van der Waals surface area contributed by atoms with Gasteiger partial charge < -0.3 is 10.0 Å². The molecule has 5 heteroatoms. The third-order valence-electron chi connectivity index (χ3n) is 3.83. The van der Waals surface area contributed by atoms with E-state index in [1.807, 2.05) is 23.3 Å². The predicted molar refractivity (Wildman–Crippen MR) is 83.5 cm³/mol. The molecule has 1 aliphatic heterocycles. The van der Waals surface area contributed by atoms with Crippen molar-refractivity contribution in [3.8, 4) is 0 Å². The van der Waals surface area contributed by atoms with E-state index < -0.39 is 0 Å². The lowest BCUT2D eigenvalue weighted by Gasteiger charge is -2.34. The number of benzene rings is 1. The molecule has 0 aliphatic carbocycles. The summed E-state index contributed by atoms with van der Waals surface area (Å²) >= 11 is 7.75. The van der Waals surface area contributed by atoms with Crippen molar-refractivity contribution >= 4 is 29.3 Å². The Hall–Kier alpha value is -0.710. The second-order valence-corrected chi connectivity index (χ2v) is 6.53. The molecule has 0 bridgehead atoms. The fraction of sp³-hybridized carbons (Fsp3) is 0.533. The van der Waals surface area contributed by atoms with Crippen LogP contribution in [0.3, 0.4) is 0 Å². The highest BCUT2D eigenvalue weighted by atomic mass is 35.5. The zero-order valence-electron chi connectivity index (χ0n) is 11.8. The molecular formula is C15H20ClNO2S. The van der Waals surface area contributed by atoms with Gasteiger partial charge in [-0.3, -0.25) is 4.79 Å². The van der Waals surface area contributed by atoms with Crippen molar-refractivity contribution in [2.75, 3.05) is 19.3 Å². The Morgan fingerprint density at radius 2 is 2.30 bits per heavy atom. The summed E-state index contributed by atoms with van der Waals surface area (Å²) in [5.74, 6) is 0.131. The Kier molecular flexibility index (Phi) is 5.35. The Bertz CT molecular complexity index is 493. The second kappa shape index (κ2) is 6.83. The zero-order valence-corrected chi connectivity index (χ0v) is 13.4. The van der Waals surface area contributed by atoms with Crippen LogP contribution in [0.4, 0.5) is 0 Å². The molecular weight excluding hydrogens is 294 g/mol. The number of thioether (sulfide) groups is 1. The van der Waals surface area contributed by atoms with Gasteiger partial charge in [-0.1, -0.05) is 11.6 Å². The minimum Gasteiger partial charge on any atom is -0.393 e. The average Bonchev–Trinajstić information content (AvgIpc) is 2.47. The normalized spacial score (nSPS) is 20.8. The maximum absolute atomic E-state index is 12.6. The number of hydrogen-bond donors (Lipinski definition) is 1. The molecule has 1 amide bonds. The Morgan fingerprint density at radius 3 is 2.95 bits per heavy atom. The minimum atomic E-state index is -0.376. The minimum absolute atomic E-state index is 0.0312. The molecule has 1 fully saturated rings. The molecule has 2 rings (SSSR count). The third kappa shape index (κ3) is 3.48. The fourth-order valence-electron chi connectivity index (χ4n) is 2.55. The highest BCUT2D eigenvalue weighted by molar-refractivity contribution is 7.98. The summed E-state index contributed by atoms with van der Waals surface area (Å²) < 4.78 is 0. The van der Waals surface area contributed by atoms with Gasteiger partial charge in [0.05, 0.1) is 16.7 Å². The van der Waals surface area contributed by atoms with Crippen LogP contribution >= 0.6 is 23.4 Å². The molecule has 0 spiro atoms. The maximum atomic E-state index is 12.6. The van der Waals surface area contributed by atoms with Gasteiger partial charge in [-0.05, 0) is 44.2 Å². The number of amides is 1. The molecule has 20 heavy (non-hydrogen) atoms. The molecule has 1 saturated heterocycles. The van der Waals surface area contributed by atoms with Gasteiger partial charge in [0.1, 0.15) is 0 Å². The van der Waals surface area contributed by atoms with E-state index in [1.54, 1.807) is 24.8 Å². The molecule has 1 aromatic rings. The van der Waals surface area contributed by atoms with Crippen LogP contribution in [0.15, 0.2) is 23.1 Å². The van der Waals surface area contributed by atoms with Gasteiger partial charge in [-0.25, -0.2) is 0 Å². The van der Waals surface area contributed by atoms with E-state index in [-0.39, 0.29) is 17.9 Å². The van der Waals surface area contributed by atoms with E-state index in [2.05, 4.69) is 0 Å². The summed E-state index contributed by atoms with van der Waals surface area (Å²) in [4.78, 5) is 15.4. The van der Waals surface area contributed by atoms with Crippen molar-refractivity contribution in [1.82, 2.24) is 4.90 Å². The average molecular weight is 314 g/mol. The lowest BCUT2D eigenvalue weighted by atomic mass is 9.93. The molecule has 3 nitrogen and oxygen atoms in total. The number of rotatable bonds is 3. The van der Waals surface area contributed by atoms with Crippen molar-refractivity contribution in [3.05, 3.63) is 28.8 Å². The molecule has 1 aliphatic rings. The van der Waals surface area contributed by atoms with Crippen molar-refractivity contribution in [2.45, 2.75) is 30.8 Å². The number of halogens is 1. The van der Waals surface area contributed by atoms with Crippen molar-refractivity contribution in [2.24, 2.45) is 5.92 Å². The van der Waals surface area contributed by atoms with Crippen LogP contribution in [0, 0.1) is 5.92 Å². The van der Waals surface area contributed by atoms with E-state index >= 15 is 0 Å². The molecule has 2 atom stereocenters. The summed E-state index contributed by atoms with van der Waals surface area (Å²) in [5, 5.41) is 10.2. The first-order valence-corrected chi connectivity index (χ1v) is 8.44. The van der Waals surface area contributed by atoms with Crippen molar-refractivity contribution in [1.29, 1.82) is 0 Å². The standard InChI is InChI=1S/C15H20ClNO2S/c1-10(18)11-4-3-7-17(9-11)15(19)13-8-12(20-2)5-6-14(13)16/h5-6,8,10-11,18H,3-4,7,9H2,1-2H3. The molecule has 1 N–H and O–H groups in total. The Labute approximate surface area is 129 Å². The van der Waals surface area contributed by atoms with Crippen LogP contribution < -0.4 is 0 Å². The highest BCUT2D eigenvalue weighted by Gasteiger charge is 2.28. The number of likely N-dealkylation sites (tertiary alicyclic amines) is 1. The number of nitrogens with zero attached hydrogens (tertiary/aromatic N) is 1. The maximum Gasteiger partial charge on any atom is 0.255 e. The number of piperidine rings is 1. The SMILES string of the molecule is CSc1ccc(Cl)c(C(=O)N2CCCC(C(C)O)C2)c1. The van der Waals surface area contributed by atoms with Gasteiger partial charge in [0, 0.05) is 23.9 Å². The second-order valence-electron chi connectivity index (χ2n) is 5.24. The largest absolute Gasteiger partial charge is 0.393 e. The molecule has 0 aromatic heterocycles. The Balaban J connectivity index is 2.18. The first-order valence-electron chi connectivity index (χ1n) is 6.83. The van der Waals surface area contributed by atoms with Gasteiger partial charge >= 0.3 is 0 Å². The van der Waals surface area contributed by atoms with Gasteiger partial charge in [0.2, 0.25) is 0 Å². The summed E-state index contributed by atoms with van der Waals surface area (Å²) in [5.41, 5.74) is 0.560. The first kappa shape index (κ1) is 15.7. The quantitative estimate of drug-likeness (QED) is 0.871. The van der Waals surface area contributed by atoms with Crippen LogP contribution in [-0.2, 0) is 0 Å². The smallest absolute Gasteiger partial charge is 0.255 e. The number of carbonyl (C=O) groups is 1. The predicted octanol–water partition coefficient (Wildman–Crippen LogP) is 3.29. The molecule has 0 radical (unpaired) electrons. The van der Waals surface area contributed by atoms with E-state index in [4.69, 9.17) is 11.6 Å². The van der Waals surface area contributed by atoms with Crippen LogP contribution in [0.1, 0.15) is 30.1 Å². The Morgan fingerprint density at radius 1 is 1.55 bits per heavy atom. The van der Waals surface area contributed by atoms with Gasteiger partial charge in [0.25, 0.3) is 5.91 Å². The summed E-state index contributed by atoms with van der Waals surface area (Å²) in [7, 11) is 0. The van der Waals surface area contributed by atoms with E-state index in [0.717, 1.165) is 24.3 Å². The van der Waals surface area contributed by atoms with E-state index in [0.29, 0.717) is 17.1 Å². The van der Waals surface area contributed by atoms with Crippen LogP contribution in [0.2, 0.25) is 5.02 Å². The number of carbonyl (C=O) groups excluding carboxylic acids is 1. The zero-order chi connectivity index (χ0) is 14.7. The molecule has 0 saturated carbocycles. The lowest BCUT2D eigenvalue weighted by molar-refractivity contribution is 0.0466. The van der Waals surface area contributed by atoms with Crippen LogP contribution in [-0.4, -0.2) is 41.4 Å². The number of aliphatic hydroxyl groups excluding tert-OH is 1. The number of aliphatic hydroxyl groups is 1. The summed E-state index contributed by atoms with van der Waals surface area (Å²) in [6.45, 7) is 3.14. The first-order chi connectivity index (χ1) is 9.52. The fourth-order valence-corrected chi connectivity index (χ4v) is 3.19. The number of hydrogen-bond acceptors (Lipinski definition) is 3. The van der Waals surface area contributed by atoms with Gasteiger partial charge in [-0.15, -0.1) is 11.8 Å². The third-order valence-corrected chi connectivity index (χ3v) is 4.89. The van der Waals surface area contributed by atoms with Crippen molar-refractivity contribution in [3.63, 3.8) is 0 Å². The van der Waals surface area contributed by atoms with Crippen molar-refractivity contribution < 1.29 is 9.90 Å². The summed E-state index contributed by atoms with van der Waals surface area (Å²) in [6, 6.07) is 5.54. The van der Waals surface area contributed by atoms with Crippen LogP contribution in [0.5, 0.6) is 0 Å². The highest BCUT2D eigenvalue weighted by Crippen LogP contribution is 2.27. The van der Waals surface area contributed by atoms with Gasteiger partial charge in [-0.2, -0.15) is 0 Å². The molecule has 1 heterocycles. The van der Waals surface area contributed by atoms with E-state index in [9.17, 15) is 9.90 Å². The summed E-state index contributed by atoms with van der Waals surface area (Å²) in [6.07, 6.45) is 3.50. The monoisotopic (exact) mass is 313 g/mol. The molecule has 1 aromatic carbocycles.